The second-order valence-electron chi connectivity index (χ2n) is 3.54. The smallest absolute Gasteiger partial charge is 0.271 e. The zero-order valence-electron chi connectivity index (χ0n) is 8.76. The van der Waals surface area contributed by atoms with Gasteiger partial charge in [0.1, 0.15) is 5.82 Å². The summed E-state index contributed by atoms with van der Waals surface area (Å²) in [6, 6.07) is 10.0. The predicted octanol–water partition coefficient (Wildman–Crippen LogP) is 2.98. The third kappa shape index (κ3) is 2.23. The fourth-order valence-electron chi connectivity index (χ4n) is 1.56. The highest BCUT2D eigenvalue weighted by Crippen LogP contribution is 2.29. The molecule has 86 valence electrons. The van der Waals surface area contributed by atoms with Crippen molar-refractivity contribution in [2.45, 2.75) is 0 Å². The van der Waals surface area contributed by atoms with Crippen LogP contribution in [-0.4, -0.2) is 4.92 Å². The van der Waals surface area contributed by atoms with Crippen LogP contribution in [0.15, 0.2) is 42.5 Å². The van der Waals surface area contributed by atoms with Crippen LogP contribution in [0.5, 0.6) is 0 Å². The first-order chi connectivity index (χ1) is 8.08. The summed E-state index contributed by atoms with van der Waals surface area (Å²) < 4.78 is 12.8. The Labute approximate surface area is 96.6 Å². The summed E-state index contributed by atoms with van der Waals surface area (Å²) >= 11 is 0. The Morgan fingerprint density at radius 2 is 1.76 bits per heavy atom. The van der Waals surface area contributed by atoms with Crippen molar-refractivity contribution < 1.29 is 9.31 Å². The highest BCUT2D eigenvalue weighted by Gasteiger charge is 2.09. The summed E-state index contributed by atoms with van der Waals surface area (Å²) in [6.07, 6.45) is 0. The number of nitrogens with zero attached hydrogens (tertiary/aromatic N) is 1. The second kappa shape index (κ2) is 4.21. The highest BCUT2D eigenvalue weighted by atomic mass is 19.1. The molecule has 0 aliphatic heterocycles. The summed E-state index contributed by atoms with van der Waals surface area (Å²) in [5.41, 5.74) is 7.34. The maximum Gasteiger partial charge on any atom is 0.271 e. The molecular weight excluding hydrogens is 223 g/mol. The number of nitro groups is 1. The van der Waals surface area contributed by atoms with Gasteiger partial charge in [0.15, 0.2) is 0 Å². The molecule has 4 nitrogen and oxygen atoms in total. The van der Waals surface area contributed by atoms with Crippen molar-refractivity contribution in [3.8, 4) is 11.1 Å². The number of nitro benzene ring substituents is 1. The average molecular weight is 232 g/mol. The molecule has 0 saturated carbocycles. The van der Waals surface area contributed by atoms with Crippen LogP contribution in [0.3, 0.4) is 0 Å². The Hall–Kier alpha value is -2.43. The number of nitrogen functional groups attached to an aromatic ring is 1. The SMILES string of the molecule is Nc1cc([N+](=O)[O-])ccc1-c1ccc(F)cc1. The Bertz CT molecular complexity index is 567. The molecule has 2 aromatic carbocycles. The van der Waals surface area contributed by atoms with Gasteiger partial charge in [0.25, 0.3) is 5.69 Å². The standard InChI is InChI=1S/C12H9FN2O2/c13-9-3-1-8(2-4-9)11-6-5-10(15(16)17)7-12(11)14/h1-7H,14H2. The maximum absolute atomic E-state index is 12.8. The topological polar surface area (TPSA) is 69.2 Å². The molecule has 0 spiro atoms. The van der Waals surface area contributed by atoms with E-state index in [2.05, 4.69) is 0 Å². The van der Waals surface area contributed by atoms with Gasteiger partial charge in [0.05, 0.1) is 4.92 Å². The number of halogens is 1. The molecule has 0 amide bonds. The van der Waals surface area contributed by atoms with Crippen LogP contribution in [0.4, 0.5) is 15.8 Å². The van der Waals surface area contributed by atoms with Crippen LogP contribution in [0.2, 0.25) is 0 Å². The maximum atomic E-state index is 12.8. The fourth-order valence-corrected chi connectivity index (χ4v) is 1.56. The molecule has 0 saturated heterocycles. The van der Waals surface area contributed by atoms with Crippen LogP contribution >= 0.6 is 0 Å². The minimum Gasteiger partial charge on any atom is -0.398 e. The van der Waals surface area contributed by atoms with Crippen LogP contribution in [0, 0.1) is 15.9 Å². The normalized spacial score (nSPS) is 10.2. The van der Waals surface area contributed by atoms with E-state index in [1.54, 1.807) is 18.2 Å². The molecule has 2 aromatic rings. The van der Waals surface area contributed by atoms with Crippen LogP contribution in [-0.2, 0) is 0 Å². The van der Waals surface area contributed by atoms with Crippen molar-refractivity contribution in [1.82, 2.24) is 0 Å². The number of nitrogens with two attached hydrogens (primary N) is 1. The van der Waals surface area contributed by atoms with Gasteiger partial charge in [0, 0.05) is 23.4 Å². The van der Waals surface area contributed by atoms with E-state index in [-0.39, 0.29) is 11.5 Å². The minimum atomic E-state index is -0.509. The molecule has 17 heavy (non-hydrogen) atoms. The Morgan fingerprint density at radius 3 is 2.29 bits per heavy atom. The second-order valence-corrected chi connectivity index (χ2v) is 3.54. The summed E-state index contributed by atoms with van der Waals surface area (Å²) in [4.78, 5) is 10.0. The molecule has 0 aliphatic rings. The first kappa shape index (κ1) is 11.1. The van der Waals surface area contributed by atoms with Crippen LogP contribution in [0.1, 0.15) is 0 Å². The first-order valence-electron chi connectivity index (χ1n) is 4.88. The van der Waals surface area contributed by atoms with Gasteiger partial charge in [0.2, 0.25) is 0 Å². The first-order valence-corrected chi connectivity index (χ1v) is 4.88. The molecule has 2 rings (SSSR count). The van der Waals surface area contributed by atoms with E-state index in [1.807, 2.05) is 0 Å². The van der Waals surface area contributed by atoms with Crippen molar-refractivity contribution in [2.75, 3.05) is 5.73 Å². The number of anilines is 1. The lowest BCUT2D eigenvalue weighted by Crippen LogP contribution is -1.94. The Morgan fingerprint density at radius 1 is 1.12 bits per heavy atom. The monoisotopic (exact) mass is 232 g/mol. The van der Waals surface area contributed by atoms with Gasteiger partial charge in [-0.3, -0.25) is 10.1 Å². The third-order valence-corrected chi connectivity index (χ3v) is 2.40. The van der Waals surface area contributed by atoms with Crippen molar-refractivity contribution in [3.63, 3.8) is 0 Å². The Kier molecular flexibility index (Phi) is 2.74. The van der Waals surface area contributed by atoms with Crippen LogP contribution < -0.4 is 5.73 Å². The summed E-state index contributed by atoms with van der Waals surface area (Å²) in [7, 11) is 0. The average Bonchev–Trinajstić information content (AvgIpc) is 2.30. The van der Waals surface area contributed by atoms with E-state index in [0.717, 1.165) is 5.56 Å². The van der Waals surface area contributed by atoms with Crippen molar-refractivity contribution in [1.29, 1.82) is 0 Å². The van der Waals surface area contributed by atoms with Crippen LogP contribution in [0.25, 0.3) is 11.1 Å². The lowest BCUT2D eigenvalue weighted by molar-refractivity contribution is -0.384. The zero-order chi connectivity index (χ0) is 12.4. The molecule has 0 aliphatic carbocycles. The lowest BCUT2D eigenvalue weighted by Gasteiger charge is -2.05. The van der Waals surface area contributed by atoms with Crippen molar-refractivity contribution in [3.05, 3.63) is 58.4 Å². The number of benzene rings is 2. The quantitative estimate of drug-likeness (QED) is 0.491. The van der Waals surface area contributed by atoms with Gasteiger partial charge >= 0.3 is 0 Å². The van der Waals surface area contributed by atoms with Gasteiger partial charge < -0.3 is 5.73 Å². The number of non-ortho nitro benzene ring substituents is 1. The number of hydrogen-bond donors (Lipinski definition) is 1. The fraction of sp³-hybridized carbons (Fsp3) is 0. The van der Waals surface area contributed by atoms with Crippen molar-refractivity contribution in [2.24, 2.45) is 0 Å². The molecule has 0 atom stereocenters. The Balaban J connectivity index is 2.46. The molecule has 0 unspecified atom stereocenters. The highest BCUT2D eigenvalue weighted by molar-refractivity contribution is 5.77. The van der Waals surface area contributed by atoms with Gasteiger partial charge in [-0.15, -0.1) is 0 Å². The molecule has 5 heteroatoms. The molecule has 0 bridgehead atoms. The van der Waals surface area contributed by atoms with Crippen molar-refractivity contribution >= 4 is 11.4 Å². The molecule has 0 heterocycles. The zero-order valence-corrected chi connectivity index (χ0v) is 8.76. The van der Waals surface area contributed by atoms with E-state index in [4.69, 9.17) is 5.73 Å². The molecule has 2 N–H and O–H groups in total. The van der Waals surface area contributed by atoms with Gasteiger partial charge in [-0.05, 0) is 23.8 Å². The van der Waals surface area contributed by atoms with E-state index in [9.17, 15) is 14.5 Å². The third-order valence-electron chi connectivity index (χ3n) is 2.40. The van der Waals surface area contributed by atoms with Gasteiger partial charge in [-0.25, -0.2) is 4.39 Å². The largest absolute Gasteiger partial charge is 0.398 e. The lowest BCUT2D eigenvalue weighted by atomic mass is 10.0. The van der Waals surface area contributed by atoms with Gasteiger partial charge in [-0.2, -0.15) is 0 Å². The number of hydrogen-bond acceptors (Lipinski definition) is 3. The minimum absolute atomic E-state index is 0.0617. The molecule has 0 fully saturated rings. The van der Waals surface area contributed by atoms with E-state index >= 15 is 0 Å². The summed E-state index contributed by atoms with van der Waals surface area (Å²) in [5.74, 6) is -0.339. The molecular formula is C12H9FN2O2. The van der Waals surface area contributed by atoms with E-state index in [1.165, 1.54) is 24.3 Å². The summed E-state index contributed by atoms with van der Waals surface area (Å²) in [5, 5.41) is 10.5. The molecule has 0 radical (unpaired) electrons. The van der Waals surface area contributed by atoms with E-state index < -0.39 is 4.92 Å². The molecule has 0 aromatic heterocycles. The van der Waals surface area contributed by atoms with E-state index in [0.29, 0.717) is 11.3 Å². The number of rotatable bonds is 2. The predicted molar refractivity (Wildman–Crippen MR) is 62.9 cm³/mol. The summed E-state index contributed by atoms with van der Waals surface area (Å²) in [6.45, 7) is 0. The van der Waals surface area contributed by atoms with Gasteiger partial charge in [-0.1, -0.05) is 12.1 Å².